The number of aromatic nitrogens is 1. The van der Waals surface area contributed by atoms with Crippen LogP contribution in [0.2, 0.25) is 0 Å². The summed E-state index contributed by atoms with van der Waals surface area (Å²) in [6.45, 7) is 1.32. The largest absolute Gasteiger partial charge is 0.459 e. The fourth-order valence-corrected chi connectivity index (χ4v) is 3.28. The number of esters is 1. The monoisotopic (exact) mass is 463 g/mol. The lowest BCUT2D eigenvalue weighted by molar-refractivity contribution is -0.119. The van der Waals surface area contributed by atoms with Crippen molar-refractivity contribution in [3.63, 3.8) is 0 Å². The number of ether oxygens (including phenoxy) is 1. The maximum Gasteiger partial charge on any atom is 0.338 e. The molecule has 0 unspecified atom stereocenters. The molecule has 0 saturated heterocycles. The zero-order chi connectivity index (χ0) is 20.1. The summed E-state index contributed by atoms with van der Waals surface area (Å²) in [6.07, 6.45) is 2.95. The molecule has 0 atom stereocenters. The van der Waals surface area contributed by atoms with Gasteiger partial charge in [0.1, 0.15) is 0 Å². The molecule has 3 aromatic rings. The molecule has 0 saturated carbocycles. The first kappa shape index (κ1) is 19.8. The van der Waals surface area contributed by atoms with Gasteiger partial charge < -0.3 is 14.5 Å². The third-order valence-corrected chi connectivity index (χ3v) is 4.92. The molecule has 10 heteroatoms. The van der Waals surface area contributed by atoms with E-state index in [-0.39, 0.29) is 11.3 Å². The molecular formula is C18H14BrN3O5S. The Morgan fingerprint density at radius 3 is 2.75 bits per heavy atom. The van der Waals surface area contributed by atoms with Crippen molar-refractivity contribution in [1.82, 2.24) is 4.98 Å². The van der Waals surface area contributed by atoms with E-state index in [0.29, 0.717) is 10.8 Å². The van der Waals surface area contributed by atoms with Gasteiger partial charge in [-0.15, -0.1) is 0 Å². The predicted molar refractivity (Wildman–Crippen MR) is 107 cm³/mol. The molecule has 0 aliphatic rings. The first-order chi connectivity index (χ1) is 13.4. The summed E-state index contributed by atoms with van der Waals surface area (Å²) in [5.41, 5.74) is 1.39. The molecule has 144 valence electrons. The average molecular weight is 464 g/mol. The molecule has 1 aromatic carbocycles. The van der Waals surface area contributed by atoms with E-state index in [1.54, 1.807) is 31.3 Å². The second kappa shape index (κ2) is 8.81. The molecule has 0 fully saturated rings. The highest BCUT2D eigenvalue weighted by Crippen LogP contribution is 2.23. The minimum absolute atomic E-state index is 0.151. The second-order valence-electron chi connectivity index (χ2n) is 5.55. The lowest BCUT2D eigenvalue weighted by atomic mass is 10.1. The van der Waals surface area contributed by atoms with E-state index in [2.05, 4.69) is 31.5 Å². The van der Waals surface area contributed by atoms with Crippen molar-refractivity contribution >= 4 is 55.9 Å². The molecule has 0 bridgehead atoms. The molecule has 0 aliphatic heterocycles. The number of amides is 2. The van der Waals surface area contributed by atoms with E-state index in [4.69, 9.17) is 9.15 Å². The highest BCUT2D eigenvalue weighted by molar-refractivity contribution is 9.11. The predicted octanol–water partition coefficient (Wildman–Crippen LogP) is 3.85. The van der Waals surface area contributed by atoms with E-state index >= 15 is 0 Å². The number of anilines is 2. The maximum absolute atomic E-state index is 12.2. The quantitative estimate of drug-likeness (QED) is 0.537. The average Bonchev–Trinajstić information content (AvgIpc) is 3.33. The minimum atomic E-state index is -0.691. The number of furan rings is 1. The first-order valence-electron chi connectivity index (χ1n) is 7.96. The fraction of sp³-hybridized carbons (Fsp3) is 0.111. The zero-order valence-electron chi connectivity index (χ0n) is 14.5. The fourth-order valence-electron chi connectivity index (χ4n) is 2.16. The molecule has 0 radical (unpaired) electrons. The number of benzene rings is 1. The SMILES string of the molecule is Cc1ccc(C(=O)OCC(=O)Nc2ncc(Br)s2)cc1NC(=O)c1ccco1. The summed E-state index contributed by atoms with van der Waals surface area (Å²) in [7, 11) is 0. The Bertz CT molecular complexity index is 1020. The number of rotatable bonds is 6. The van der Waals surface area contributed by atoms with Crippen molar-refractivity contribution in [2.75, 3.05) is 17.2 Å². The summed E-state index contributed by atoms with van der Waals surface area (Å²) in [4.78, 5) is 40.2. The number of thiazole rings is 1. The highest BCUT2D eigenvalue weighted by atomic mass is 79.9. The van der Waals surface area contributed by atoms with Crippen LogP contribution in [0.5, 0.6) is 0 Å². The first-order valence-corrected chi connectivity index (χ1v) is 9.57. The molecule has 8 nitrogen and oxygen atoms in total. The second-order valence-corrected chi connectivity index (χ2v) is 7.96. The Balaban J connectivity index is 1.60. The molecule has 28 heavy (non-hydrogen) atoms. The van der Waals surface area contributed by atoms with Crippen LogP contribution >= 0.6 is 27.3 Å². The summed E-state index contributed by atoms with van der Waals surface area (Å²) < 4.78 is 10.8. The van der Waals surface area contributed by atoms with E-state index in [9.17, 15) is 14.4 Å². The Morgan fingerprint density at radius 1 is 1.25 bits per heavy atom. The van der Waals surface area contributed by atoms with Crippen molar-refractivity contribution < 1.29 is 23.5 Å². The maximum atomic E-state index is 12.2. The van der Waals surface area contributed by atoms with E-state index in [1.807, 2.05) is 0 Å². The van der Waals surface area contributed by atoms with Gasteiger partial charge in [0.25, 0.3) is 11.8 Å². The van der Waals surface area contributed by atoms with Crippen LogP contribution in [0.1, 0.15) is 26.5 Å². The van der Waals surface area contributed by atoms with Gasteiger partial charge in [0.05, 0.1) is 21.8 Å². The Kier molecular flexibility index (Phi) is 6.22. The number of aryl methyl sites for hydroxylation is 1. The van der Waals surface area contributed by atoms with Crippen LogP contribution in [0, 0.1) is 6.92 Å². The van der Waals surface area contributed by atoms with Gasteiger partial charge in [-0.3, -0.25) is 14.9 Å². The van der Waals surface area contributed by atoms with Crippen LogP contribution in [0.25, 0.3) is 0 Å². The van der Waals surface area contributed by atoms with Crippen molar-refractivity contribution in [3.8, 4) is 0 Å². The van der Waals surface area contributed by atoms with Crippen molar-refractivity contribution in [2.45, 2.75) is 6.92 Å². The van der Waals surface area contributed by atoms with Crippen molar-refractivity contribution in [3.05, 3.63) is 63.5 Å². The Labute approximate surface area is 172 Å². The number of nitrogens with zero attached hydrogens (tertiary/aromatic N) is 1. The Hall–Kier alpha value is -2.98. The lowest BCUT2D eigenvalue weighted by Gasteiger charge is -2.10. The normalized spacial score (nSPS) is 10.4. The van der Waals surface area contributed by atoms with E-state index in [1.165, 1.54) is 29.7 Å². The van der Waals surface area contributed by atoms with Gasteiger partial charge in [0, 0.05) is 5.69 Å². The van der Waals surface area contributed by atoms with Crippen LogP contribution in [0.3, 0.4) is 0 Å². The number of nitrogens with one attached hydrogen (secondary N) is 2. The molecule has 2 heterocycles. The van der Waals surface area contributed by atoms with Gasteiger partial charge in [-0.2, -0.15) is 0 Å². The van der Waals surface area contributed by atoms with Crippen LogP contribution < -0.4 is 10.6 Å². The van der Waals surface area contributed by atoms with Gasteiger partial charge in [0.2, 0.25) is 0 Å². The van der Waals surface area contributed by atoms with Crippen molar-refractivity contribution in [2.24, 2.45) is 0 Å². The Morgan fingerprint density at radius 2 is 2.07 bits per heavy atom. The topological polar surface area (TPSA) is 111 Å². The third kappa shape index (κ3) is 5.05. The molecule has 3 rings (SSSR count). The molecule has 0 spiro atoms. The van der Waals surface area contributed by atoms with Gasteiger partial charge in [-0.05, 0) is 52.7 Å². The summed E-state index contributed by atoms with van der Waals surface area (Å²) >= 11 is 4.48. The van der Waals surface area contributed by atoms with Crippen molar-refractivity contribution in [1.29, 1.82) is 0 Å². The molecule has 2 aromatic heterocycles. The highest BCUT2D eigenvalue weighted by Gasteiger charge is 2.15. The number of carbonyl (C=O) groups is 3. The third-order valence-electron chi connectivity index (χ3n) is 3.52. The summed E-state index contributed by atoms with van der Waals surface area (Å²) in [5.74, 6) is -1.48. The lowest BCUT2D eigenvalue weighted by Crippen LogP contribution is -2.21. The smallest absolute Gasteiger partial charge is 0.338 e. The van der Waals surface area contributed by atoms with Gasteiger partial charge in [-0.25, -0.2) is 9.78 Å². The number of hydrogen-bond donors (Lipinski definition) is 2. The van der Waals surface area contributed by atoms with Gasteiger partial charge >= 0.3 is 5.97 Å². The van der Waals surface area contributed by atoms with Crippen LogP contribution in [-0.4, -0.2) is 29.4 Å². The van der Waals surface area contributed by atoms with Crippen LogP contribution in [-0.2, 0) is 9.53 Å². The van der Waals surface area contributed by atoms with Gasteiger partial charge in [-0.1, -0.05) is 17.4 Å². The molecule has 2 amide bonds. The molecule has 0 aliphatic carbocycles. The summed E-state index contributed by atoms with van der Waals surface area (Å²) in [5, 5.41) is 5.60. The summed E-state index contributed by atoms with van der Waals surface area (Å²) in [6, 6.07) is 7.83. The van der Waals surface area contributed by atoms with Crippen LogP contribution in [0.4, 0.5) is 10.8 Å². The zero-order valence-corrected chi connectivity index (χ0v) is 16.9. The number of carbonyl (C=O) groups excluding carboxylic acids is 3. The number of halogens is 1. The molecular weight excluding hydrogens is 450 g/mol. The number of hydrogen-bond acceptors (Lipinski definition) is 7. The minimum Gasteiger partial charge on any atom is -0.459 e. The van der Waals surface area contributed by atoms with E-state index in [0.717, 1.165) is 9.35 Å². The van der Waals surface area contributed by atoms with Crippen LogP contribution in [0.15, 0.2) is 51.0 Å². The van der Waals surface area contributed by atoms with E-state index < -0.39 is 24.4 Å². The molecule has 2 N–H and O–H groups in total. The van der Waals surface area contributed by atoms with Gasteiger partial charge in [0.15, 0.2) is 17.5 Å². The standard InChI is InChI=1S/C18H14BrN3O5S/c1-10-4-5-11(7-12(10)21-16(24)13-3-2-6-26-13)17(25)27-9-15(23)22-18-20-8-14(19)28-18/h2-8H,9H2,1H3,(H,21,24)(H,20,22,23).